The van der Waals surface area contributed by atoms with Crippen molar-refractivity contribution in [3.63, 3.8) is 0 Å². The number of aryl methyl sites for hydroxylation is 4. The van der Waals surface area contributed by atoms with E-state index in [4.69, 9.17) is 0 Å². The van der Waals surface area contributed by atoms with E-state index in [1.807, 2.05) is 0 Å². The fourth-order valence-electron chi connectivity index (χ4n) is 2.53. The molecular weight excluding hydrogens is 206 g/mol. The number of hydrogen-bond acceptors (Lipinski definition) is 0. The summed E-state index contributed by atoms with van der Waals surface area (Å²) in [7, 11) is 0. The molecule has 0 fully saturated rings. The molecule has 0 saturated carbocycles. The van der Waals surface area contributed by atoms with Crippen molar-refractivity contribution in [3.05, 3.63) is 46.5 Å². The molecule has 0 unspecified atom stereocenters. The van der Waals surface area contributed by atoms with Crippen molar-refractivity contribution in [2.75, 3.05) is 0 Å². The smallest absolute Gasteiger partial charge is 0.0497 e. The number of fused-ring (bicyclic) bond motifs is 3. The van der Waals surface area contributed by atoms with Gasteiger partial charge in [-0.15, -0.1) is 0 Å². The zero-order valence-electron chi connectivity index (χ0n) is 10.8. The Bertz CT molecular complexity index is 670. The Morgan fingerprint density at radius 1 is 0.647 bits per heavy atom. The number of benzene rings is 2. The van der Waals surface area contributed by atoms with Crippen molar-refractivity contribution < 1.29 is 0 Å². The van der Waals surface area contributed by atoms with Gasteiger partial charge in [0.25, 0.3) is 0 Å². The Balaban J connectivity index is 2.58. The largest absolute Gasteiger partial charge is 0.354 e. The van der Waals surface area contributed by atoms with Crippen LogP contribution >= 0.6 is 0 Å². The highest BCUT2D eigenvalue weighted by Gasteiger charge is 2.09. The molecule has 2 aromatic carbocycles. The van der Waals surface area contributed by atoms with Gasteiger partial charge in [-0.25, -0.2) is 0 Å². The third-order valence-electron chi connectivity index (χ3n) is 4.01. The quantitative estimate of drug-likeness (QED) is 0.575. The van der Waals surface area contributed by atoms with E-state index in [0.29, 0.717) is 0 Å². The number of aromatic amines is 1. The molecule has 0 atom stereocenters. The van der Waals surface area contributed by atoms with Gasteiger partial charge in [-0.1, -0.05) is 24.3 Å². The average Bonchev–Trinajstić information content (AvgIpc) is 2.69. The molecule has 1 heteroatoms. The van der Waals surface area contributed by atoms with Crippen molar-refractivity contribution in [1.29, 1.82) is 0 Å². The van der Waals surface area contributed by atoms with E-state index in [2.05, 4.69) is 56.9 Å². The van der Waals surface area contributed by atoms with E-state index >= 15 is 0 Å². The summed E-state index contributed by atoms with van der Waals surface area (Å²) >= 11 is 0. The predicted octanol–water partition coefficient (Wildman–Crippen LogP) is 4.55. The van der Waals surface area contributed by atoms with Gasteiger partial charge in [0.05, 0.1) is 0 Å². The number of aromatic nitrogens is 1. The normalized spacial score (nSPS) is 11.5. The van der Waals surface area contributed by atoms with Gasteiger partial charge in [0.15, 0.2) is 0 Å². The molecule has 0 aliphatic rings. The molecule has 0 aliphatic carbocycles. The number of H-pyrrole nitrogens is 1. The minimum absolute atomic E-state index is 1.29. The van der Waals surface area contributed by atoms with E-state index in [0.717, 1.165) is 0 Å². The van der Waals surface area contributed by atoms with Crippen LogP contribution in [0.4, 0.5) is 0 Å². The first-order valence-corrected chi connectivity index (χ1v) is 6.07. The zero-order chi connectivity index (χ0) is 12.2. The van der Waals surface area contributed by atoms with Crippen LogP contribution in [-0.4, -0.2) is 4.98 Å². The molecule has 0 amide bonds. The summed E-state index contributed by atoms with van der Waals surface area (Å²) in [6.45, 7) is 8.71. The van der Waals surface area contributed by atoms with E-state index in [1.54, 1.807) is 0 Å². The Hall–Kier alpha value is -1.76. The van der Waals surface area contributed by atoms with Crippen LogP contribution in [0.1, 0.15) is 22.3 Å². The molecule has 0 bridgehead atoms. The molecule has 86 valence electrons. The molecule has 3 aromatic rings. The molecule has 1 heterocycles. The van der Waals surface area contributed by atoms with Crippen LogP contribution in [0.25, 0.3) is 21.8 Å². The highest BCUT2D eigenvalue weighted by molar-refractivity contribution is 6.09. The van der Waals surface area contributed by atoms with Gasteiger partial charge in [0.1, 0.15) is 0 Å². The van der Waals surface area contributed by atoms with Crippen LogP contribution in [0.15, 0.2) is 24.3 Å². The van der Waals surface area contributed by atoms with E-state index in [-0.39, 0.29) is 0 Å². The summed E-state index contributed by atoms with van der Waals surface area (Å²) in [6.07, 6.45) is 0. The summed E-state index contributed by atoms with van der Waals surface area (Å²) in [5.74, 6) is 0. The van der Waals surface area contributed by atoms with Crippen molar-refractivity contribution in [2.24, 2.45) is 0 Å². The third-order valence-corrected chi connectivity index (χ3v) is 4.01. The standard InChI is InChI=1S/C16H17N/c1-9-5-7-13-14-8-6-10(2)12(4)16(14)17-15(13)11(9)3/h5-8,17H,1-4H3. The molecule has 0 spiro atoms. The predicted molar refractivity (Wildman–Crippen MR) is 74.8 cm³/mol. The Morgan fingerprint density at radius 2 is 1.06 bits per heavy atom. The van der Waals surface area contributed by atoms with Crippen LogP contribution in [-0.2, 0) is 0 Å². The molecular formula is C16H17N. The molecule has 17 heavy (non-hydrogen) atoms. The second-order valence-electron chi connectivity index (χ2n) is 4.99. The lowest BCUT2D eigenvalue weighted by Gasteiger charge is -2.00. The second-order valence-corrected chi connectivity index (χ2v) is 4.99. The molecule has 3 rings (SSSR count). The van der Waals surface area contributed by atoms with Crippen molar-refractivity contribution in [2.45, 2.75) is 27.7 Å². The minimum Gasteiger partial charge on any atom is -0.354 e. The van der Waals surface area contributed by atoms with E-state index in [1.165, 1.54) is 44.1 Å². The molecule has 0 radical (unpaired) electrons. The van der Waals surface area contributed by atoms with Crippen LogP contribution in [0, 0.1) is 27.7 Å². The van der Waals surface area contributed by atoms with Gasteiger partial charge < -0.3 is 4.98 Å². The Kier molecular flexibility index (Phi) is 2.06. The summed E-state index contributed by atoms with van der Waals surface area (Å²) in [6, 6.07) is 8.87. The topological polar surface area (TPSA) is 15.8 Å². The van der Waals surface area contributed by atoms with Gasteiger partial charge >= 0.3 is 0 Å². The highest BCUT2D eigenvalue weighted by Crippen LogP contribution is 2.31. The third kappa shape index (κ3) is 1.32. The minimum atomic E-state index is 1.29. The Labute approximate surface area is 101 Å². The summed E-state index contributed by atoms with van der Waals surface area (Å²) in [5, 5.41) is 2.68. The van der Waals surface area contributed by atoms with Crippen LogP contribution in [0.5, 0.6) is 0 Å². The lowest BCUT2D eigenvalue weighted by Crippen LogP contribution is -1.82. The Morgan fingerprint density at radius 3 is 1.47 bits per heavy atom. The maximum atomic E-state index is 3.60. The summed E-state index contributed by atoms with van der Waals surface area (Å²) < 4.78 is 0. The molecule has 1 aromatic heterocycles. The first-order chi connectivity index (χ1) is 8.09. The molecule has 0 saturated heterocycles. The first kappa shape index (κ1) is 10.4. The average molecular weight is 223 g/mol. The zero-order valence-corrected chi connectivity index (χ0v) is 10.8. The van der Waals surface area contributed by atoms with Crippen molar-refractivity contribution in [1.82, 2.24) is 4.98 Å². The fourth-order valence-corrected chi connectivity index (χ4v) is 2.53. The maximum absolute atomic E-state index is 3.60. The molecule has 0 aliphatic heterocycles. The maximum Gasteiger partial charge on any atom is 0.0497 e. The van der Waals surface area contributed by atoms with Gasteiger partial charge in [0.2, 0.25) is 0 Å². The molecule has 1 nitrogen and oxygen atoms in total. The van der Waals surface area contributed by atoms with E-state index in [9.17, 15) is 0 Å². The second kappa shape index (κ2) is 3.36. The SMILES string of the molecule is Cc1ccc2c([nH]c3c(C)c(C)ccc32)c1C. The number of hydrogen-bond donors (Lipinski definition) is 1. The van der Waals surface area contributed by atoms with Gasteiger partial charge in [-0.05, 0) is 49.9 Å². The van der Waals surface area contributed by atoms with Gasteiger partial charge in [-0.3, -0.25) is 0 Å². The van der Waals surface area contributed by atoms with Crippen LogP contribution < -0.4 is 0 Å². The van der Waals surface area contributed by atoms with Crippen molar-refractivity contribution >= 4 is 21.8 Å². The number of nitrogens with one attached hydrogen (secondary N) is 1. The van der Waals surface area contributed by atoms with Crippen LogP contribution in [0.2, 0.25) is 0 Å². The van der Waals surface area contributed by atoms with Gasteiger partial charge in [0, 0.05) is 21.8 Å². The lowest BCUT2D eigenvalue weighted by atomic mass is 10.0. The molecule has 1 N–H and O–H groups in total. The van der Waals surface area contributed by atoms with Crippen molar-refractivity contribution in [3.8, 4) is 0 Å². The van der Waals surface area contributed by atoms with Gasteiger partial charge in [-0.2, -0.15) is 0 Å². The van der Waals surface area contributed by atoms with Crippen LogP contribution in [0.3, 0.4) is 0 Å². The first-order valence-electron chi connectivity index (χ1n) is 6.07. The summed E-state index contributed by atoms with van der Waals surface area (Å²) in [5.41, 5.74) is 7.98. The highest BCUT2D eigenvalue weighted by atomic mass is 14.7. The fraction of sp³-hybridized carbons (Fsp3) is 0.250. The summed E-state index contributed by atoms with van der Waals surface area (Å²) in [4.78, 5) is 3.60. The lowest BCUT2D eigenvalue weighted by molar-refractivity contribution is 1.33. The number of rotatable bonds is 0. The van der Waals surface area contributed by atoms with E-state index < -0.39 is 0 Å². The monoisotopic (exact) mass is 223 g/mol.